The van der Waals surface area contributed by atoms with Gasteiger partial charge in [0.1, 0.15) is 5.75 Å². The van der Waals surface area contributed by atoms with Crippen molar-refractivity contribution >= 4 is 27.6 Å². The third-order valence-electron chi connectivity index (χ3n) is 6.55. The smallest absolute Gasteiger partial charge is 0.348 e. The molecule has 9 heteroatoms. The monoisotopic (exact) mass is 536 g/mol. The summed E-state index contributed by atoms with van der Waals surface area (Å²) in [6, 6.07) is 20.1. The number of carbonyl (C=O) groups excluding carboxylic acids is 2. The van der Waals surface area contributed by atoms with Crippen LogP contribution in [0.3, 0.4) is 0 Å². The van der Waals surface area contributed by atoms with E-state index in [9.17, 15) is 18.0 Å². The molecule has 3 aromatic rings. The highest BCUT2D eigenvalue weighted by atomic mass is 32.2. The number of benzene rings is 3. The zero-order valence-electron chi connectivity index (χ0n) is 22.0. The summed E-state index contributed by atoms with van der Waals surface area (Å²) in [6.45, 7) is 5.08. The third-order valence-corrected chi connectivity index (χ3v) is 8.70. The van der Waals surface area contributed by atoms with Gasteiger partial charge in [-0.15, -0.1) is 0 Å². The number of aryl methyl sites for hydroxylation is 3. The van der Waals surface area contributed by atoms with Crippen LogP contribution < -0.4 is 9.64 Å². The van der Waals surface area contributed by atoms with Gasteiger partial charge in [-0.1, -0.05) is 60.2 Å². The molecule has 1 heterocycles. The summed E-state index contributed by atoms with van der Waals surface area (Å²) in [5, 5.41) is 0. The van der Waals surface area contributed by atoms with Crippen LogP contribution in [-0.4, -0.2) is 57.4 Å². The second-order valence-electron chi connectivity index (χ2n) is 9.40. The highest BCUT2D eigenvalue weighted by Gasteiger charge is 2.37. The Morgan fingerprint density at radius 3 is 2.29 bits per heavy atom. The van der Waals surface area contributed by atoms with E-state index < -0.39 is 34.5 Å². The maximum absolute atomic E-state index is 14.0. The van der Waals surface area contributed by atoms with E-state index in [-0.39, 0.29) is 18.0 Å². The second kappa shape index (κ2) is 11.4. The number of ether oxygens (including phenoxy) is 2. The third kappa shape index (κ3) is 5.74. The predicted octanol–water partition coefficient (Wildman–Crippen LogP) is 3.81. The van der Waals surface area contributed by atoms with Crippen molar-refractivity contribution in [3.8, 4) is 5.75 Å². The summed E-state index contributed by atoms with van der Waals surface area (Å²) in [5.41, 5.74) is 3.65. The number of hydrogen-bond donors (Lipinski definition) is 0. The van der Waals surface area contributed by atoms with Gasteiger partial charge in [0, 0.05) is 6.54 Å². The molecule has 0 radical (unpaired) electrons. The van der Waals surface area contributed by atoms with Crippen LogP contribution >= 0.6 is 0 Å². The lowest BCUT2D eigenvalue weighted by molar-refractivity contribution is -0.148. The van der Waals surface area contributed by atoms with E-state index in [0.29, 0.717) is 29.0 Å². The molecule has 0 spiro atoms. The van der Waals surface area contributed by atoms with Crippen molar-refractivity contribution in [2.75, 3.05) is 31.6 Å². The summed E-state index contributed by atoms with van der Waals surface area (Å²) in [4.78, 5) is 27.6. The largest absolute Gasteiger partial charge is 0.475 e. The van der Waals surface area contributed by atoms with Gasteiger partial charge in [0.15, 0.2) is 0 Å². The van der Waals surface area contributed by atoms with Crippen LogP contribution in [0.2, 0.25) is 0 Å². The number of hydrogen-bond acceptors (Lipinski definition) is 6. The average molecular weight is 537 g/mol. The van der Waals surface area contributed by atoms with Gasteiger partial charge in [-0.05, 0) is 56.0 Å². The lowest BCUT2D eigenvalue weighted by Gasteiger charge is -2.35. The summed E-state index contributed by atoms with van der Waals surface area (Å²) < 4.78 is 39.9. The molecule has 0 saturated carbocycles. The number of anilines is 1. The molecule has 0 saturated heterocycles. The molecule has 0 aliphatic carbocycles. The van der Waals surface area contributed by atoms with Crippen LogP contribution in [0.4, 0.5) is 5.69 Å². The molecule has 8 nitrogen and oxygen atoms in total. The first-order valence-electron chi connectivity index (χ1n) is 12.4. The van der Waals surface area contributed by atoms with Crippen molar-refractivity contribution in [2.45, 2.75) is 38.2 Å². The number of rotatable bonds is 8. The standard InChI is InChI=1S/C29H32N2O6S/c1-20-16-21(2)28(22(3)17-20)38(34,35)30(15-14-23-10-6-5-7-11-23)19-27(32)31-18-26(29(33)36-4)37-25-13-9-8-12-24(25)31/h5-13,16-17,26H,14-15,18-19H2,1-4H3/t26-/m0/s1. The summed E-state index contributed by atoms with van der Waals surface area (Å²) >= 11 is 0. The van der Waals surface area contributed by atoms with E-state index in [1.54, 1.807) is 38.1 Å². The SMILES string of the molecule is COC(=O)[C@@H]1CN(C(=O)CN(CCc2ccccc2)S(=O)(=O)c2c(C)cc(C)cc2C)c2ccccc2O1. The zero-order chi connectivity index (χ0) is 27.4. The van der Waals surface area contributed by atoms with Crippen LogP contribution in [0, 0.1) is 20.8 Å². The van der Waals surface area contributed by atoms with Crippen LogP contribution in [0.25, 0.3) is 0 Å². The lowest BCUT2D eigenvalue weighted by atomic mass is 10.1. The summed E-state index contributed by atoms with van der Waals surface area (Å²) in [7, 11) is -2.78. The highest BCUT2D eigenvalue weighted by Crippen LogP contribution is 2.34. The molecule has 4 rings (SSSR count). The van der Waals surface area contributed by atoms with Crippen LogP contribution in [0.5, 0.6) is 5.75 Å². The lowest BCUT2D eigenvalue weighted by Crippen LogP contribution is -2.51. The Labute approximate surface area is 223 Å². The van der Waals surface area contributed by atoms with E-state index in [2.05, 4.69) is 0 Å². The van der Waals surface area contributed by atoms with Crippen LogP contribution in [-0.2, 0) is 30.8 Å². The number of para-hydroxylation sites is 2. The minimum absolute atomic E-state index is 0.0856. The number of esters is 1. The first-order chi connectivity index (χ1) is 18.1. The van der Waals surface area contributed by atoms with Crippen molar-refractivity contribution < 1.29 is 27.5 Å². The van der Waals surface area contributed by atoms with Gasteiger partial charge < -0.3 is 14.4 Å². The maximum atomic E-state index is 14.0. The van der Waals surface area contributed by atoms with Gasteiger partial charge in [0.2, 0.25) is 22.0 Å². The molecule has 0 fully saturated rings. The predicted molar refractivity (Wildman–Crippen MR) is 145 cm³/mol. The number of sulfonamides is 1. The summed E-state index contributed by atoms with van der Waals surface area (Å²) in [6.07, 6.45) is -0.586. The van der Waals surface area contributed by atoms with Gasteiger partial charge in [-0.25, -0.2) is 13.2 Å². The Morgan fingerprint density at radius 2 is 1.63 bits per heavy atom. The number of methoxy groups -OCH3 is 1. The Balaban J connectivity index is 1.69. The molecule has 0 unspecified atom stereocenters. The van der Waals surface area contributed by atoms with Gasteiger partial charge in [0.25, 0.3) is 0 Å². The molecule has 0 bridgehead atoms. The summed E-state index contributed by atoms with van der Waals surface area (Å²) in [5.74, 6) is -0.725. The molecular formula is C29H32N2O6S. The number of carbonyl (C=O) groups is 2. The minimum Gasteiger partial charge on any atom is -0.475 e. The molecule has 0 N–H and O–H groups in total. The Hall–Kier alpha value is -3.69. The molecule has 0 aromatic heterocycles. The Bertz CT molecular complexity index is 1420. The van der Waals surface area contributed by atoms with E-state index >= 15 is 0 Å². The molecule has 200 valence electrons. The van der Waals surface area contributed by atoms with Crippen molar-refractivity contribution in [2.24, 2.45) is 0 Å². The average Bonchev–Trinajstić information content (AvgIpc) is 2.89. The molecule has 38 heavy (non-hydrogen) atoms. The quantitative estimate of drug-likeness (QED) is 0.407. The van der Waals surface area contributed by atoms with Gasteiger partial charge in [-0.2, -0.15) is 4.31 Å². The van der Waals surface area contributed by atoms with Crippen molar-refractivity contribution in [3.63, 3.8) is 0 Å². The van der Waals surface area contributed by atoms with Crippen LogP contribution in [0.15, 0.2) is 71.6 Å². The van der Waals surface area contributed by atoms with Gasteiger partial charge in [-0.3, -0.25) is 4.79 Å². The fourth-order valence-corrected chi connectivity index (χ4v) is 6.65. The molecule has 1 aliphatic rings. The first kappa shape index (κ1) is 27.3. The Kier molecular flexibility index (Phi) is 8.18. The van der Waals surface area contributed by atoms with Gasteiger partial charge in [0.05, 0.1) is 30.8 Å². The first-order valence-corrected chi connectivity index (χ1v) is 13.8. The maximum Gasteiger partial charge on any atom is 0.348 e. The normalized spacial score (nSPS) is 15.1. The zero-order valence-corrected chi connectivity index (χ0v) is 22.8. The fourth-order valence-electron chi connectivity index (χ4n) is 4.85. The number of amides is 1. The van der Waals surface area contributed by atoms with Gasteiger partial charge >= 0.3 is 5.97 Å². The molecule has 1 amide bonds. The molecule has 3 aromatic carbocycles. The number of fused-ring (bicyclic) bond motifs is 1. The van der Waals surface area contributed by atoms with Crippen LogP contribution in [0.1, 0.15) is 22.3 Å². The van der Waals surface area contributed by atoms with E-state index in [4.69, 9.17) is 9.47 Å². The van der Waals surface area contributed by atoms with E-state index in [1.807, 2.05) is 49.4 Å². The second-order valence-corrected chi connectivity index (χ2v) is 11.3. The number of nitrogens with zero attached hydrogens (tertiary/aromatic N) is 2. The topological polar surface area (TPSA) is 93.2 Å². The highest BCUT2D eigenvalue weighted by molar-refractivity contribution is 7.89. The van der Waals surface area contributed by atoms with E-state index in [0.717, 1.165) is 11.1 Å². The van der Waals surface area contributed by atoms with Crippen molar-refractivity contribution in [1.82, 2.24) is 4.31 Å². The minimum atomic E-state index is -4.03. The molecular weight excluding hydrogens is 504 g/mol. The van der Waals surface area contributed by atoms with E-state index in [1.165, 1.54) is 16.3 Å². The Morgan fingerprint density at radius 1 is 1.00 bits per heavy atom. The fraction of sp³-hybridized carbons (Fsp3) is 0.310. The van der Waals surface area contributed by atoms with Crippen molar-refractivity contribution in [3.05, 3.63) is 89.0 Å². The van der Waals surface area contributed by atoms with Crippen molar-refractivity contribution in [1.29, 1.82) is 0 Å². The molecule has 1 aliphatic heterocycles. The molecule has 1 atom stereocenters.